The van der Waals surface area contributed by atoms with Crippen LogP contribution in [0.25, 0.3) is 0 Å². The molecule has 46 heavy (non-hydrogen) atoms. The molecule has 0 atom stereocenters. The average molecular weight is 633 g/mol. The summed E-state index contributed by atoms with van der Waals surface area (Å²) in [7, 11) is 1.59. The van der Waals surface area contributed by atoms with E-state index in [1.54, 1.807) is 13.3 Å². The molecule has 1 N–H and O–H groups in total. The number of hydrogen-bond donors (Lipinski definition) is 1. The maximum absolute atomic E-state index is 6.22. The summed E-state index contributed by atoms with van der Waals surface area (Å²) in [6.45, 7) is 9.06. The predicted octanol–water partition coefficient (Wildman–Crippen LogP) is 2.18. The zero-order valence-corrected chi connectivity index (χ0v) is 26.2. The topological polar surface area (TPSA) is 152 Å². The van der Waals surface area contributed by atoms with E-state index in [4.69, 9.17) is 28.9 Å². The summed E-state index contributed by atoms with van der Waals surface area (Å²) in [5.41, 5.74) is 3.81. The van der Waals surface area contributed by atoms with Crippen LogP contribution in [0.3, 0.4) is 0 Å². The molecule has 0 aliphatic carbocycles. The zero-order valence-electron chi connectivity index (χ0n) is 26.2. The fourth-order valence-electron chi connectivity index (χ4n) is 5.82. The van der Waals surface area contributed by atoms with Crippen molar-refractivity contribution in [3.63, 3.8) is 0 Å². The summed E-state index contributed by atoms with van der Waals surface area (Å²) in [4.78, 5) is 36.7. The van der Waals surface area contributed by atoms with Crippen LogP contribution in [0, 0.1) is 0 Å². The van der Waals surface area contributed by atoms with Gasteiger partial charge in [-0.1, -0.05) is 0 Å². The van der Waals surface area contributed by atoms with Gasteiger partial charge in [0.1, 0.15) is 0 Å². The lowest BCUT2D eigenvalue weighted by atomic mass is 10.2. The number of rotatable bonds is 10. The van der Waals surface area contributed by atoms with Crippen molar-refractivity contribution in [2.75, 3.05) is 111 Å². The molecule has 1 aromatic carbocycles. The molecule has 4 aliphatic rings. The molecular formula is C30H40N12O4. The molecule has 0 radical (unpaired) electrons. The SMILES string of the molecule is COc1cc(/C=N\Nc2nc(N3CCCC3)nc(N3CCCC3)n2)ccc1Oc1nc(N2CCOCC2)nc(N2CCOCC2)n1. The van der Waals surface area contributed by atoms with E-state index in [0.717, 1.165) is 57.4 Å². The van der Waals surface area contributed by atoms with E-state index in [9.17, 15) is 0 Å². The van der Waals surface area contributed by atoms with Crippen LogP contribution in [0.1, 0.15) is 31.2 Å². The van der Waals surface area contributed by atoms with Crippen molar-refractivity contribution in [3.05, 3.63) is 23.8 Å². The molecule has 0 bridgehead atoms. The van der Waals surface area contributed by atoms with Crippen LogP contribution in [0.5, 0.6) is 17.5 Å². The molecule has 16 nitrogen and oxygen atoms in total. The molecule has 4 saturated heterocycles. The van der Waals surface area contributed by atoms with Crippen molar-refractivity contribution in [2.24, 2.45) is 5.10 Å². The van der Waals surface area contributed by atoms with Crippen LogP contribution in [-0.2, 0) is 9.47 Å². The second-order valence-electron chi connectivity index (χ2n) is 11.4. The molecule has 0 saturated carbocycles. The Morgan fingerprint density at radius 1 is 0.652 bits per heavy atom. The fourth-order valence-corrected chi connectivity index (χ4v) is 5.82. The summed E-state index contributed by atoms with van der Waals surface area (Å²) in [6.07, 6.45) is 6.27. The zero-order chi connectivity index (χ0) is 31.1. The van der Waals surface area contributed by atoms with Gasteiger partial charge in [0.25, 0.3) is 0 Å². The number of hydrogen-bond acceptors (Lipinski definition) is 16. The molecule has 244 valence electrons. The Morgan fingerprint density at radius 3 is 1.67 bits per heavy atom. The summed E-state index contributed by atoms with van der Waals surface area (Å²) in [5, 5.41) is 4.44. The Morgan fingerprint density at radius 2 is 1.15 bits per heavy atom. The van der Waals surface area contributed by atoms with Gasteiger partial charge in [0.05, 0.1) is 39.8 Å². The first kappa shape index (κ1) is 30.1. The number of morpholine rings is 2. The number of aromatic nitrogens is 6. The Hall–Kier alpha value is -4.57. The van der Waals surface area contributed by atoms with Crippen LogP contribution in [0.15, 0.2) is 23.3 Å². The van der Waals surface area contributed by atoms with E-state index in [1.807, 2.05) is 18.2 Å². The first-order chi connectivity index (χ1) is 22.7. The van der Waals surface area contributed by atoms with Gasteiger partial charge < -0.3 is 38.5 Å². The number of ether oxygens (including phenoxy) is 4. The predicted molar refractivity (Wildman–Crippen MR) is 173 cm³/mol. The summed E-state index contributed by atoms with van der Waals surface area (Å²) >= 11 is 0. The molecule has 0 amide bonds. The van der Waals surface area contributed by atoms with Crippen molar-refractivity contribution in [1.29, 1.82) is 0 Å². The number of nitrogens with one attached hydrogen (secondary N) is 1. The molecule has 4 fully saturated rings. The lowest BCUT2D eigenvalue weighted by molar-refractivity contribution is 0.121. The first-order valence-electron chi connectivity index (χ1n) is 16.0. The minimum absolute atomic E-state index is 0.191. The highest BCUT2D eigenvalue weighted by molar-refractivity contribution is 5.81. The van der Waals surface area contributed by atoms with Gasteiger partial charge in [-0.2, -0.15) is 35.0 Å². The van der Waals surface area contributed by atoms with Crippen LogP contribution < -0.4 is 34.5 Å². The first-order valence-corrected chi connectivity index (χ1v) is 16.0. The van der Waals surface area contributed by atoms with Crippen LogP contribution in [-0.4, -0.2) is 122 Å². The number of methoxy groups -OCH3 is 1. The summed E-state index contributed by atoms with van der Waals surface area (Å²) in [5.74, 6) is 3.92. The van der Waals surface area contributed by atoms with Crippen molar-refractivity contribution in [1.82, 2.24) is 29.9 Å². The molecule has 3 aromatic rings. The lowest BCUT2D eigenvalue weighted by Crippen LogP contribution is -2.40. The smallest absolute Gasteiger partial charge is 0.328 e. The molecular weight excluding hydrogens is 592 g/mol. The van der Waals surface area contributed by atoms with E-state index in [-0.39, 0.29) is 6.01 Å². The summed E-state index contributed by atoms with van der Waals surface area (Å²) < 4.78 is 23.0. The number of benzene rings is 1. The second kappa shape index (κ2) is 14.2. The molecule has 0 spiro atoms. The van der Waals surface area contributed by atoms with E-state index in [1.165, 1.54) is 0 Å². The van der Waals surface area contributed by atoms with Crippen LogP contribution in [0.2, 0.25) is 0 Å². The van der Waals surface area contributed by atoms with E-state index in [0.29, 0.717) is 93.8 Å². The van der Waals surface area contributed by atoms with E-state index in [2.05, 4.69) is 50.1 Å². The largest absolute Gasteiger partial charge is 0.493 e. The number of nitrogens with zero attached hydrogens (tertiary/aromatic N) is 11. The lowest BCUT2D eigenvalue weighted by Gasteiger charge is -2.30. The molecule has 6 heterocycles. The number of anilines is 5. The molecule has 0 unspecified atom stereocenters. The highest BCUT2D eigenvalue weighted by atomic mass is 16.5. The maximum Gasteiger partial charge on any atom is 0.328 e. The minimum Gasteiger partial charge on any atom is -0.493 e. The second-order valence-corrected chi connectivity index (χ2v) is 11.4. The highest BCUT2D eigenvalue weighted by Gasteiger charge is 2.23. The molecule has 7 rings (SSSR count). The van der Waals surface area contributed by atoms with Gasteiger partial charge in [0.15, 0.2) is 11.5 Å². The third-order valence-corrected chi connectivity index (χ3v) is 8.34. The number of hydrazone groups is 1. The third kappa shape index (κ3) is 7.12. The molecule has 4 aliphatic heterocycles. The Balaban J connectivity index is 1.08. The van der Waals surface area contributed by atoms with Gasteiger partial charge in [0.2, 0.25) is 29.7 Å². The van der Waals surface area contributed by atoms with Crippen molar-refractivity contribution in [2.45, 2.75) is 25.7 Å². The van der Waals surface area contributed by atoms with Crippen LogP contribution in [0.4, 0.5) is 29.7 Å². The standard InChI is InChI=1S/C30H40N12O4/c1-43-24-20-22(21-31-38-25-32-26(39-8-2-3-9-39)34-27(33-25)40-10-4-5-11-40)6-7-23(24)46-30-36-28(41-12-16-44-17-13-41)35-29(37-30)42-14-18-45-19-15-42/h6-7,20-21H,2-5,8-19H2,1H3,(H,32,33,34,38)/b31-21-. The van der Waals surface area contributed by atoms with Crippen molar-refractivity contribution in [3.8, 4) is 17.5 Å². The minimum atomic E-state index is 0.191. The monoisotopic (exact) mass is 632 g/mol. The normalized spacial score (nSPS) is 18.9. The Kier molecular flexibility index (Phi) is 9.32. The van der Waals surface area contributed by atoms with Crippen LogP contribution >= 0.6 is 0 Å². The van der Waals surface area contributed by atoms with Crippen molar-refractivity contribution < 1.29 is 18.9 Å². The Labute approximate surface area is 267 Å². The van der Waals surface area contributed by atoms with Gasteiger partial charge in [0, 0.05) is 52.4 Å². The van der Waals surface area contributed by atoms with Gasteiger partial charge in [-0.05, 0) is 49.4 Å². The van der Waals surface area contributed by atoms with Gasteiger partial charge in [-0.15, -0.1) is 0 Å². The quantitative estimate of drug-likeness (QED) is 0.257. The van der Waals surface area contributed by atoms with E-state index >= 15 is 0 Å². The Bertz CT molecular complexity index is 1430. The highest BCUT2D eigenvalue weighted by Crippen LogP contribution is 2.32. The van der Waals surface area contributed by atoms with Crippen molar-refractivity contribution >= 4 is 36.0 Å². The third-order valence-electron chi connectivity index (χ3n) is 8.34. The van der Waals surface area contributed by atoms with Gasteiger partial charge in [-0.25, -0.2) is 5.43 Å². The van der Waals surface area contributed by atoms with Gasteiger partial charge in [-0.3, -0.25) is 0 Å². The molecule has 16 heteroatoms. The summed E-state index contributed by atoms with van der Waals surface area (Å²) in [6, 6.07) is 5.73. The fraction of sp³-hybridized carbons (Fsp3) is 0.567. The average Bonchev–Trinajstić information content (AvgIpc) is 3.86. The van der Waals surface area contributed by atoms with E-state index < -0.39 is 0 Å². The maximum atomic E-state index is 6.22. The van der Waals surface area contributed by atoms with Gasteiger partial charge >= 0.3 is 6.01 Å². The molecule has 2 aromatic heterocycles.